The number of nitrogens with one attached hydrogen (secondary N) is 1. The largest absolute Gasteiger partial charge is 0.381 e. The van der Waals surface area contributed by atoms with Crippen LogP contribution in [0.25, 0.3) is 11.1 Å². The molecule has 0 fully saturated rings. The van der Waals surface area contributed by atoms with Crippen LogP contribution in [0.2, 0.25) is 0 Å². The van der Waals surface area contributed by atoms with Crippen molar-refractivity contribution >= 4 is 5.69 Å². The van der Waals surface area contributed by atoms with Gasteiger partial charge in [0.2, 0.25) is 10.9 Å². The summed E-state index contributed by atoms with van der Waals surface area (Å²) in [6, 6.07) is 17.6. The minimum Gasteiger partial charge on any atom is -0.381 e. The van der Waals surface area contributed by atoms with Crippen LogP contribution in [0.3, 0.4) is 0 Å². The average molecular weight is 291 g/mol. The first-order chi connectivity index (χ1) is 10.7. The van der Waals surface area contributed by atoms with Crippen LogP contribution >= 0.6 is 0 Å². The lowest BCUT2D eigenvalue weighted by molar-refractivity contribution is 1.01. The summed E-state index contributed by atoms with van der Waals surface area (Å²) in [6.45, 7) is 2.69. The molecular formula is C19H17NO2. The van der Waals surface area contributed by atoms with Crippen LogP contribution in [0.4, 0.5) is 5.69 Å². The van der Waals surface area contributed by atoms with Crippen molar-refractivity contribution in [2.45, 2.75) is 13.3 Å². The molecule has 0 aliphatic carbocycles. The molecule has 0 amide bonds. The molecule has 0 aromatic heterocycles. The van der Waals surface area contributed by atoms with E-state index in [4.69, 9.17) is 0 Å². The van der Waals surface area contributed by atoms with Crippen molar-refractivity contribution in [2.75, 3.05) is 11.9 Å². The third-order valence-corrected chi connectivity index (χ3v) is 3.81. The molecule has 0 aliphatic rings. The second-order valence-electron chi connectivity index (χ2n) is 5.44. The Kier molecular flexibility index (Phi) is 3.88. The van der Waals surface area contributed by atoms with Gasteiger partial charge in [-0.3, -0.25) is 9.59 Å². The summed E-state index contributed by atoms with van der Waals surface area (Å²) in [4.78, 5) is 23.6. The topological polar surface area (TPSA) is 46.2 Å². The second kappa shape index (κ2) is 5.98. The molecule has 110 valence electrons. The molecular weight excluding hydrogens is 274 g/mol. The van der Waals surface area contributed by atoms with E-state index in [1.54, 1.807) is 0 Å². The second-order valence-corrected chi connectivity index (χ2v) is 5.44. The van der Waals surface area contributed by atoms with Crippen LogP contribution in [0.1, 0.15) is 11.1 Å². The van der Waals surface area contributed by atoms with Crippen LogP contribution < -0.4 is 16.2 Å². The zero-order valence-corrected chi connectivity index (χ0v) is 12.4. The SMILES string of the molecule is Cc1ccc(CCNc2c(-c3ccccc3)c(=O)c2=O)cc1. The average Bonchev–Trinajstić information content (AvgIpc) is 2.56. The Balaban J connectivity index is 1.71. The Labute approximate surface area is 128 Å². The summed E-state index contributed by atoms with van der Waals surface area (Å²) >= 11 is 0. The number of hydrogen-bond acceptors (Lipinski definition) is 3. The van der Waals surface area contributed by atoms with Crippen LogP contribution in [0.15, 0.2) is 64.2 Å². The smallest absolute Gasteiger partial charge is 0.250 e. The fourth-order valence-corrected chi connectivity index (χ4v) is 2.53. The number of hydrogen-bond donors (Lipinski definition) is 1. The summed E-state index contributed by atoms with van der Waals surface area (Å²) in [6.07, 6.45) is 0.813. The van der Waals surface area contributed by atoms with Gasteiger partial charge in [-0.1, -0.05) is 60.2 Å². The Morgan fingerprint density at radius 3 is 2.23 bits per heavy atom. The third-order valence-electron chi connectivity index (χ3n) is 3.81. The minimum atomic E-state index is -0.414. The lowest BCUT2D eigenvalue weighted by Gasteiger charge is -2.13. The molecule has 0 atom stereocenters. The molecule has 1 N–H and O–H groups in total. The van der Waals surface area contributed by atoms with E-state index >= 15 is 0 Å². The van der Waals surface area contributed by atoms with Gasteiger partial charge in [-0.05, 0) is 24.5 Å². The first-order valence-corrected chi connectivity index (χ1v) is 7.35. The molecule has 3 aromatic carbocycles. The Morgan fingerprint density at radius 2 is 1.55 bits per heavy atom. The van der Waals surface area contributed by atoms with E-state index in [2.05, 4.69) is 36.5 Å². The van der Waals surface area contributed by atoms with Gasteiger partial charge in [-0.25, -0.2) is 0 Å². The van der Waals surface area contributed by atoms with Gasteiger partial charge >= 0.3 is 0 Å². The van der Waals surface area contributed by atoms with E-state index in [9.17, 15) is 9.59 Å². The molecule has 0 saturated carbocycles. The first-order valence-electron chi connectivity index (χ1n) is 7.35. The Bertz CT molecular complexity index is 841. The predicted octanol–water partition coefficient (Wildman–Crippen LogP) is 2.91. The summed E-state index contributed by atoms with van der Waals surface area (Å²) < 4.78 is 0. The molecule has 0 aliphatic heterocycles. The highest BCUT2D eigenvalue weighted by molar-refractivity contribution is 5.81. The third kappa shape index (κ3) is 2.70. The Morgan fingerprint density at radius 1 is 0.864 bits per heavy atom. The molecule has 0 spiro atoms. The summed E-state index contributed by atoms with van der Waals surface area (Å²) in [7, 11) is 0. The maximum Gasteiger partial charge on any atom is 0.250 e. The minimum absolute atomic E-state index is 0.399. The van der Waals surface area contributed by atoms with E-state index in [1.807, 2.05) is 30.3 Å². The maximum atomic E-state index is 11.8. The van der Waals surface area contributed by atoms with E-state index in [-0.39, 0.29) is 0 Å². The molecule has 3 rings (SSSR count). The molecule has 0 saturated heterocycles. The summed E-state index contributed by atoms with van der Waals surface area (Å²) in [5.74, 6) is 0. The van der Waals surface area contributed by atoms with Crippen molar-refractivity contribution in [3.05, 3.63) is 86.2 Å². The van der Waals surface area contributed by atoms with Gasteiger partial charge < -0.3 is 5.32 Å². The van der Waals surface area contributed by atoms with Crippen molar-refractivity contribution in [1.82, 2.24) is 0 Å². The normalized spacial score (nSPS) is 10.8. The molecule has 22 heavy (non-hydrogen) atoms. The summed E-state index contributed by atoms with van der Waals surface area (Å²) in [5.41, 5.74) is 3.37. The van der Waals surface area contributed by atoms with Crippen molar-refractivity contribution in [1.29, 1.82) is 0 Å². The highest BCUT2D eigenvalue weighted by Crippen LogP contribution is 2.22. The number of benzene rings is 2. The van der Waals surface area contributed by atoms with E-state index in [0.717, 1.165) is 12.0 Å². The van der Waals surface area contributed by atoms with E-state index in [1.165, 1.54) is 11.1 Å². The fraction of sp³-hybridized carbons (Fsp3) is 0.158. The van der Waals surface area contributed by atoms with Crippen molar-refractivity contribution in [3.63, 3.8) is 0 Å². The van der Waals surface area contributed by atoms with Gasteiger partial charge in [0, 0.05) is 6.54 Å². The summed E-state index contributed by atoms with van der Waals surface area (Å²) in [5, 5.41) is 3.12. The molecule has 3 heteroatoms. The molecule has 3 nitrogen and oxygen atoms in total. The van der Waals surface area contributed by atoms with Crippen LogP contribution in [-0.4, -0.2) is 6.54 Å². The monoisotopic (exact) mass is 291 g/mol. The molecule has 0 unspecified atom stereocenters. The number of aryl methyl sites for hydroxylation is 1. The standard InChI is InChI=1S/C19H17NO2/c1-13-7-9-14(10-8-13)11-12-20-17-16(18(21)19(17)22)15-5-3-2-4-6-15/h2-10,20H,11-12H2,1H3. The first kappa shape index (κ1) is 14.3. The highest BCUT2D eigenvalue weighted by Gasteiger charge is 2.21. The van der Waals surface area contributed by atoms with Gasteiger partial charge in [0.05, 0.1) is 11.3 Å². The Hall–Kier alpha value is -2.68. The van der Waals surface area contributed by atoms with Gasteiger partial charge in [-0.2, -0.15) is 0 Å². The molecule has 0 heterocycles. The zero-order valence-electron chi connectivity index (χ0n) is 12.4. The fourth-order valence-electron chi connectivity index (χ4n) is 2.53. The van der Waals surface area contributed by atoms with Crippen molar-refractivity contribution in [2.24, 2.45) is 0 Å². The number of anilines is 1. The van der Waals surface area contributed by atoms with Gasteiger partial charge in [-0.15, -0.1) is 0 Å². The molecule has 0 radical (unpaired) electrons. The van der Waals surface area contributed by atoms with Gasteiger partial charge in [0.1, 0.15) is 0 Å². The van der Waals surface area contributed by atoms with E-state index in [0.29, 0.717) is 17.8 Å². The maximum absolute atomic E-state index is 11.8. The van der Waals surface area contributed by atoms with E-state index < -0.39 is 10.9 Å². The van der Waals surface area contributed by atoms with Gasteiger partial charge in [0.25, 0.3) is 0 Å². The van der Waals surface area contributed by atoms with Crippen LogP contribution in [-0.2, 0) is 6.42 Å². The van der Waals surface area contributed by atoms with Crippen molar-refractivity contribution in [3.8, 4) is 11.1 Å². The number of rotatable bonds is 5. The molecule has 3 aromatic rings. The quantitative estimate of drug-likeness (QED) is 0.735. The predicted molar refractivity (Wildman–Crippen MR) is 90.2 cm³/mol. The lowest BCUT2D eigenvalue weighted by Crippen LogP contribution is -2.36. The van der Waals surface area contributed by atoms with Gasteiger partial charge in [0.15, 0.2) is 0 Å². The lowest BCUT2D eigenvalue weighted by atomic mass is 9.98. The zero-order chi connectivity index (χ0) is 15.5. The molecule has 0 bridgehead atoms. The van der Waals surface area contributed by atoms with Crippen LogP contribution in [0.5, 0.6) is 0 Å². The highest BCUT2D eigenvalue weighted by atomic mass is 16.2. The van der Waals surface area contributed by atoms with Crippen LogP contribution in [0, 0.1) is 6.92 Å². The van der Waals surface area contributed by atoms with Crippen molar-refractivity contribution < 1.29 is 0 Å².